The largest absolute Gasteiger partial charge is 0.326 e. The number of pyridine rings is 2. The Morgan fingerprint density at radius 2 is 0.538 bits per heavy atom. The van der Waals surface area contributed by atoms with Crippen molar-refractivity contribution in [2.75, 3.05) is 0 Å². The molecule has 6 heterocycles. The van der Waals surface area contributed by atoms with Gasteiger partial charge in [0.25, 0.3) is 0 Å². The molecule has 10 nitrogen and oxygen atoms in total. The number of fused-ring (bicyclic) bond motifs is 4. The van der Waals surface area contributed by atoms with Crippen molar-refractivity contribution in [1.29, 1.82) is 0 Å². The third kappa shape index (κ3) is 4.57. The lowest BCUT2D eigenvalue weighted by atomic mass is 10.0. The monoisotopic (exact) mass is 676 g/mol. The molecule has 0 N–H and O–H groups in total. The van der Waals surface area contributed by atoms with Gasteiger partial charge in [-0.3, -0.25) is 0 Å². The second-order valence-corrected chi connectivity index (χ2v) is 13.2. The van der Waals surface area contributed by atoms with Crippen molar-refractivity contribution >= 4 is 44.1 Å². The number of imidazole rings is 4. The van der Waals surface area contributed by atoms with Gasteiger partial charge < -0.3 is 18.3 Å². The van der Waals surface area contributed by atoms with Crippen molar-refractivity contribution in [2.24, 2.45) is 28.2 Å². The Hall–Kier alpha value is -6.94. The van der Waals surface area contributed by atoms with Crippen LogP contribution in [0.4, 0.5) is 0 Å². The van der Waals surface area contributed by atoms with Crippen LogP contribution in [0.3, 0.4) is 0 Å². The van der Waals surface area contributed by atoms with Gasteiger partial charge in [0.15, 0.2) is 23.3 Å². The normalized spacial score (nSPS) is 11.8. The van der Waals surface area contributed by atoms with E-state index in [4.69, 9.17) is 29.9 Å². The fraction of sp³-hybridized carbons (Fsp3) is 0.0952. The van der Waals surface area contributed by atoms with Crippen LogP contribution in [-0.2, 0) is 28.2 Å². The van der Waals surface area contributed by atoms with Crippen molar-refractivity contribution < 1.29 is 0 Å². The quantitative estimate of drug-likeness (QED) is 0.182. The predicted molar refractivity (Wildman–Crippen MR) is 206 cm³/mol. The summed E-state index contributed by atoms with van der Waals surface area (Å²) in [5.74, 6) is 3.07. The summed E-state index contributed by atoms with van der Waals surface area (Å²) < 4.78 is 8.40. The fourth-order valence-corrected chi connectivity index (χ4v) is 7.35. The van der Waals surface area contributed by atoms with Crippen LogP contribution in [0.1, 0.15) is 0 Å². The minimum atomic E-state index is 0.739. The molecule has 4 aromatic carbocycles. The summed E-state index contributed by atoms with van der Waals surface area (Å²) in [6.07, 6.45) is 0. The van der Waals surface area contributed by atoms with Crippen LogP contribution < -0.4 is 0 Å². The summed E-state index contributed by atoms with van der Waals surface area (Å²) in [7, 11) is 8.14. The maximum absolute atomic E-state index is 5.24. The molecular weight excluding hydrogens is 645 g/mol. The number of aromatic nitrogens is 10. The highest BCUT2D eigenvalue weighted by molar-refractivity contribution is 5.87. The van der Waals surface area contributed by atoms with Crippen molar-refractivity contribution in [3.05, 3.63) is 121 Å². The van der Waals surface area contributed by atoms with Gasteiger partial charge >= 0.3 is 0 Å². The van der Waals surface area contributed by atoms with Crippen LogP contribution in [0.25, 0.3) is 101 Å². The molecule has 0 amide bonds. The molecule has 0 spiro atoms. The molecule has 52 heavy (non-hydrogen) atoms. The van der Waals surface area contributed by atoms with Gasteiger partial charge in [0.05, 0.1) is 44.1 Å². The van der Waals surface area contributed by atoms with Crippen molar-refractivity contribution in [3.8, 4) is 57.2 Å². The molecule has 0 saturated carbocycles. The fourth-order valence-electron chi connectivity index (χ4n) is 7.35. The van der Waals surface area contributed by atoms with E-state index in [1.54, 1.807) is 0 Å². The van der Waals surface area contributed by atoms with E-state index in [0.717, 1.165) is 101 Å². The second kappa shape index (κ2) is 11.3. The van der Waals surface area contributed by atoms with Crippen LogP contribution in [0.2, 0.25) is 0 Å². The van der Waals surface area contributed by atoms with Crippen LogP contribution in [0.15, 0.2) is 121 Å². The number of para-hydroxylation sites is 8. The molecule has 10 rings (SSSR count). The lowest BCUT2D eigenvalue weighted by molar-refractivity contribution is 0.937. The first-order valence-corrected chi connectivity index (χ1v) is 17.1. The summed E-state index contributed by atoms with van der Waals surface area (Å²) in [5, 5.41) is 0. The maximum atomic E-state index is 5.24. The average molecular weight is 677 g/mol. The molecule has 6 aromatic heterocycles. The van der Waals surface area contributed by atoms with Gasteiger partial charge in [0, 0.05) is 28.2 Å². The van der Waals surface area contributed by atoms with E-state index in [1.165, 1.54) is 0 Å². The summed E-state index contributed by atoms with van der Waals surface area (Å²) in [4.78, 5) is 30.7. The lowest BCUT2D eigenvalue weighted by Gasteiger charge is -2.13. The minimum absolute atomic E-state index is 0.739. The van der Waals surface area contributed by atoms with Gasteiger partial charge in [-0.05, 0) is 83.9 Å². The van der Waals surface area contributed by atoms with Gasteiger partial charge in [-0.2, -0.15) is 0 Å². The molecule has 0 radical (unpaired) electrons. The van der Waals surface area contributed by atoms with Gasteiger partial charge in [-0.25, -0.2) is 29.9 Å². The first-order valence-electron chi connectivity index (χ1n) is 17.1. The zero-order valence-corrected chi connectivity index (χ0v) is 29.0. The highest BCUT2D eigenvalue weighted by atomic mass is 15.1. The average Bonchev–Trinajstić information content (AvgIpc) is 3.92. The van der Waals surface area contributed by atoms with E-state index in [2.05, 4.69) is 66.8 Å². The number of hydrogen-bond acceptors (Lipinski definition) is 6. The zero-order valence-electron chi connectivity index (χ0n) is 29.0. The maximum Gasteiger partial charge on any atom is 0.159 e. The van der Waals surface area contributed by atoms with E-state index in [-0.39, 0.29) is 0 Å². The summed E-state index contributed by atoms with van der Waals surface area (Å²) >= 11 is 0. The Morgan fingerprint density at radius 3 is 0.769 bits per heavy atom. The molecule has 250 valence electrons. The Bertz CT molecular complexity index is 2630. The topological polar surface area (TPSA) is 97.1 Å². The second-order valence-electron chi connectivity index (χ2n) is 13.2. The van der Waals surface area contributed by atoms with Crippen LogP contribution >= 0.6 is 0 Å². The highest BCUT2D eigenvalue weighted by Gasteiger charge is 2.21. The summed E-state index contributed by atoms with van der Waals surface area (Å²) in [6, 6.07) is 41.1. The van der Waals surface area contributed by atoms with E-state index in [1.807, 2.05) is 101 Å². The Balaban J connectivity index is 1.25. The van der Waals surface area contributed by atoms with E-state index < -0.39 is 0 Å². The molecule has 0 saturated heterocycles. The zero-order chi connectivity index (χ0) is 35.1. The number of benzene rings is 4. The number of nitrogens with zero attached hydrogens (tertiary/aromatic N) is 10. The van der Waals surface area contributed by atoms with Gasteiger partial charge in [0.1, 0.15) is 22.8 Å². The number of aryl methyl sites for hydroxylation is 4. The Morgan fingerprint density at radius 1 is 0.308 bits per heavy atom. The van der Waals surface area contributed by atoms with Crippen LogP contribution in [-0.4, -0.2) is 48.2 Å². The van der Waals surface area contributed by atoms with Crippen LogP contribution in [0, 0.1) is 0 Å². The van der Waals surface area contributed by atoms with E-state index in [0.29, 0.717) is 0 Å². The van der Waals surface area contributed by atoms with E-state index in [9.17, 15) is 0 Å². The van der Waals surface area contributed by atoms with Crippen molar-refractivity contribution in [2.45, 2.75) is 0 Å². The first kappa shape index (κ1) is 29.9. The predicted octanol–water partition coefficient (Wildman–Crippen LogP) is 8.36. The molecule has 0 unspecified atom stereocenters. The van der Waals surface area contributed by atoms with Crippen LogP contribution in [0.5, 0.6) is 0 Å². The smallest absolute Gasteiger partial charge is 0.159 e. The SMILES string of the molecule is Cn1c(-c2cc(-c3cc(-c4nc5ccccc5n4C)nc(-c4nc5ccccc5n4C)c3)cc(-c3nc4ccccc4n3C)n2)nc2ccccc21. The van der Waals surface area contributed by atoms with Crippen molar-refractivity contribution in [3.63, 3.8) is 0 Å². The number of rotatable bonds is 5. The molecule has 0 bridgehead atoms. The van der Waals surface area contributed by atoms with Gasteiger partial charge in [0.2, 0.25) is 0 Å². The molecule has 0 aliphatic heterocycles. The molecular formula is C42H32N10. The van der Waals surface area contributed by atoms with Gasteiger partial charge in [-0.1, -0.05) is 48.5 Å². The van der Waals surface area contributed by atoms with Gasteiger partial charge in [-0.15, -0.1) is 0 Å². The molecule has 10 heteroatoms. The molecule has 10 aromatic rings. The standard InChI is InChI=1S/C42H32N10/c1-49-35-17-9-5-13-27(35)45-39(49)31-21-25(22-32(43-31)40-46-28-14-6-10-18-36(28)50(40)2)26-23-33(41-47-29-15-7-11-19-37(29)51(41)3)44-34(24-26)42-48-30-16-8-12-20-38(30)52(42)4/h5-24H,1-4H3. The molecule has 0 fully saturated rings. The molecule has 0 aliphatic rings. The molecule has 0 aliphatic carbocycles. The third-order valence-corrected chi connectivity index (χ3v) is 10.0. The lowest BCUT2D eigenvalue weighted by Crippen LogP contribution is -2.02. The minimum Gasteiger partial charge on any atom is -0.326 e. The van der Waals surface area contributed by atoms with E-state index >= 15 is 0 Å². The first-order chi connectivity index (χ1) is 25.4. The Labute approximate surface area is 298 Å². The van der Waals surface area contributed by atoms with Crippen molar-refractivity contribution in [1.82, 2.24) is 48.2 Å². The summed E-state index contributed by atoms with van der Waals surface area (Å²) in [5.41, 5.74) is 12.6. The summed E-state index contributed by atoms with van der Waals surface area (Å²) in [6.45, 7) is 0. The molecule has 0 atom stereocenters. The third-order valence-electron chi connectivity index (χ3n) is 10.0. The highest BCUT2D eigenvalue weighted by Crippen LogP contribution is 2.36. The Kier molecular flexibility index (Phi) is 6.50. The number of hydrogen-bond donors (Lipinski definition) is 0.